The second-order valence-corrected chi connectivity index (χ2v) is 17.2. The van der Waals surface area contributed by atoms with Gasteiger partial charge in [0, 0.05) is 6.42 Å². The Hall–Kier alpha value is -2.09. The summed E-state index contributed by atoms with van der Waals surface area (Å²) >= 11 is 0. The molecule has 0 bridgehead atoms. The lowest BCUT2D eigenvalue weighted by Crippen LogP contribution is -2.41. The summed E-state index contributed by atoms with van der Waals surface area (Å²) < 4.78 is 0. The van der Waals surface area contributed by atoms with E-state index >= 15 is 0 Å². The number of hydrogen-bond acceptors (Lipinski definition) is 0. The average molecular weight is 387 g/mol. The highest BCUT2D eigenvalue weighted by Crippen LogP contribution is 2.47. The van der Waals surface area contributed by atoms with Gasteiger partial charge in [0.2, 0.25) is 0 Å². The van der Waals surface area contributed by atoms with E-state index in [0.717, 1.165) is 12.8 Å². The molecule has 0 aliphatic carbocycles. The van der Waals surface area contributed by atoms with Crippen molar-refractivity contribution >= 4 is 27.3 Å². The molecule has 0 saturated carbocycles. The molecule has 2 aromatic carbocycles. The van der Waals surface area contributed by atoms with Gasteiger partial charge in [0.15, 0.2) is 8.07 Å². The van der Waals surface area contributed by atoms with Crippen LogP contribution in [0.2, 0.25) is 26.2 Å². The smallest absolute Gasteiger partial charge is 0.127 e. The molecule has 0 radical (unpaired) electrons. The molecule has 27 heavy (non-hydrogen) atoms. The number of allylic oxidation sites excluding steroid dienone is 2. The standard InChI is InChI=1S/C25H30Si2/c1-6-7-14-19-26(2,3)25-24(22-17-12-9-13-18-22)23(20-27(25,4)5)21-15-10-8-11-16-21/h8-13,15-18,20H,6-7H2,1-5H3. The van der Waals surface area contributed by atoms with Crippen LogP contribution < -0.4 is 0 Å². The van der Waals surface area contributed by atoms with E-state index in [1.807, 2.05) is 0 Å². The lowest BCUT2D eigenvalue weighted by Gasteiger charge is -2.30. The van der Waals surface area contributed by atoms with Crippen molar-refractivity contribution in [3.05, 3.63) is 82.3 Å². The topological polar surface area (TPSA) is 0 Å². The maximum atomic E-state index is 3.76. The fourth-order valence-corrected chi connectivity index (χ4v) is 14.8. The minimum Gasteiger partial charge on any atom is -0.127 e. The van der Waals surface area contributed by atoms with Gasteiger partial charge in [-0.2, -0.15) is 0 Å². The molecule has 0 nitrogen and oxygen atoms in total. The summed E-state index contributed by atoms with van der Waals surface area (Å²) in [5, 5.41) is 0. The average Bonchev–Trinajstić information content (AvgIpc) is 2.95. The Morgan fingerprint density at radius 3 is 1.96 bits per heavy atom. The van der Waals surface area contributed by atoms with Crippen LogP contribution in [0.3, 0.4) is 0 Å². The van der Waals surface area contributed by atoms with E-state index in [1.165, 1.54) is 22.3 Å². The van der Waals surface area contributed by atoms with Crippen LogP contribution in [0.15, 0.2) is 71.2 Å². The minimum absolute atomic E-state index is 1.01. The van der Waals surface area contributed by atoms with Crippen molar-refractivity contribution in [2.75, 3.05) is 0 Å². The molecule has 0 amide bonds. The molecule has 1 aliphatic heterocycles. The third-order valence-corrected chi connectivity index (χ3v) is 13.9. The molecule has 0 atom stereocenters. The van der Waals surface area contributed by atoms with Gasteiger partial charge in [-0.15, -0.1) is 11.5 Å². The molecule has 1 aliphatic rings. The van der Waals surface area contributed by atoms with Crippen LogP contribution >= 0.6 is 0 Å². The van der Waals surface area contributed by atoms with E-state index in [2.05, 4.69) is 111 Å². The first-order chi connectivity index (χ1) is 12.9. The van der Waals surface area contributed by atoms with Gasteiger partial charge in [0.1, 0.15) is 0 Å². The zero-order valence-electron chi connectivity index (χ0n) is 17.3. The molecule has 2 aromatic rings. The molecule has 1 heterocycles. The van der Waals surface area contributed by atoms with E-state index in [-0.39, 0.29) is 0 Å². The SMILES string of the molecule is CCCC#C[Si](C)(C)C1=C(c2ccccc2)C(c2ccccc2)=C[Si]1(C)C. The molecule has 0 aromatic heterocycles. The number of hydrogen-bond donors (Lipinski definition) is 0. The van der Waals surface area contributed by atoms with Crippen LogP contribution in [0.1, 0.15) is 30.9 Å². The van der Waals surface area contributed by atoms with Crippen molar-refractivity contribution in [1.29, 1.82) is 0 Å². The maximum absolute atomic E-state index is 3.76. The third kappa shape index (κ3) is 4.10. The van der Waals surface area contributed by atoms with Crippen LogP contribution in [-0.2, 0) is 0 Å². The summed E-state index contributed by atoms with van der Waals surface area (Å²) in [4.78, 5) is 1.70. The van der Waals surface area contributed by atoms with E-state index in [9.17, 15) is 0 Å². The molecule has 138 valence electrons. The Kier molecular flexibility index (Phi) is 5.74. The van der Waals surface area contributed by atoms with Gasteiger partial charge in [-0.1, -0.05) is 104 Å². The molecule has 0 unspecified atom stereocenters. The zero-order chi connectivity index (χ0) is 19.5. The van der Waals surface area contributed by atoms with E-state index in [1.54, 1.807) is 4.82 Å². The summed E-state index contributed by atoms with van der Waals surface area (Å²) in [7, 11) is -3.52. The summed E-state index contributed by atoms with van der Waals surface area (Å²) in [6.07, 6.45) is 2.14. The summed E-state index contributed by atoms with van der Waals surface area (Å²) in [6, 6.07) is 21.9. The third-order valence-electron chi connectivity index (χ3n) is 5.22. The van der Waals surface area contributed by atoms with Crippen LogP contribution in [-0.4, -0.2) is 16.1 Å². The Balaban J connectivity index is 2.26. The van der Waals surface area contributed by atoms with Crippen molar-refractivity contribution in [2.45, 2.75) is 46.0 Å². The van der Waals surface area contributed by atoms with Crippen molar-refractivity contribution in [3.63, 3.8) is 0 Å². The summed E-state index contributed by atoms with van der Waals surface area (Å²) in [6.45, 7) is 12.1. The highest BCUT2D eigenvalue weighted by atomic mass is 28.4. The molecule has 0 N–H and O–H groups in total. The van der Waals surface area contributed by atoms with E-state index in [0.29, 0.717) is 0 Å². The quantitative estimate of drug-likeness (QED) is 0.395. The van der Waals surface area contributed by atoms with Gasteiger partial charge < -0.3 is 0 Å². The van der Waals surface area contributed by atoms with Gasteiger partial charge in [0.05, 0.1) is 8.07 Å². The summed E-state index contributed by atoms with van der Waals surface area (Å²) in [5.74, 6) is 3.49. The fraction of sp³-hybridized carbons (Fsp3) is 0.280. The van der Waals surface area contributed by atoms with Crippen LogP contribution in [0.4, 0.5) is 0 Å². The maximum Gasteiger partial charge on any atom is 0.155 e. The van der Waals surface area contributed by atoms with Crippen molar-refractivity contribution in [2.24, 2.45) is 0 Å². The first-order valence-corrected chi connectivity index (χ1v) is 16.0. The molecule has 0 saturated heterocycles. The Morgan fingerprint density at radius 2 is 1.41 bits per heavy atom. The monoisotopic (exact) mass is 386 g/mol. The second kappa shape index (κ2) is 7.88. The second-order valence-electron chi connectivity index (χ2n) is 8.44. The molecule has 2 heteroatoms. The van der Waals surface area contributed by atoms with Crippen molar-refractivity contribution < 1.29 is 0 Å². The van der Waals surface area contributed by atoms with Crippen LogP contribution in [0.5, 0.6) is 0 Å². The number of benzene rings is 2. The van der Waals surface area contributed by atoms with Gasteiger partial charge in [-0.3, -0.25) is 0 Å². The van der Waals surface area contributed by atoms with Crippen molar-refractivity contribution in [1.82, 2.24) is 0 Å². The van der Waals surface area contributed by atoms with Gasteiger partial charge in [-0.05, 0) is 28.7 Å². The van der Waals surface area contributed by atoms with Crippen LogP contribution in [0, 0.1) is 11.5 Å². The largest absolute Gasteiger partial charge is 0.155 e. The Labute approximate surface area is 167 Å². The lowest BCUT2D eigenvalue weighted by atomic mass is 9.95. The van der Waals surface area contributed by atoms with Crippen LogP contribution in [0.25, 0.3) is 11.1 Å². The predicted octanol–water partition coefficient (Wildman–Crippen LogP) is 6.91. The highest BCUT2D eigenvalue weighted by molar-refractivity contribution is 7.13. The van der Waals surface area contributed by atoms with Gasteiger partial charge in [-0.25, -0.2) is 0 Å². The first-order valence-electron chi connectivity index (χ1n) is 9.96. The molecule has 0 spiro atoms. The number of unbranched alkanes of at least 4 members (excludes halogenated alkanes) is 1. The normalized spacial score (nSPS) is 16.0. The molecular formula is C25H30Si2. The molecule has 0 fully saturated rings. The van der Waals surface area contributed by atoms with E-state index < -0.39 is 16.1 Å². The Bertz CT molecular complexity index is 921. The van der Waals surface area contributed by atoms with Gasteiger partial charge in [0.25, 0.3) is 0 Å². The highest BCUT2D eigenvalue weighted by Gasteiger charge is 2.43. The molecule has 3 rings (SSSR count). The lowest BCUT2D eigenvalue weighted by molar-refractivity contribution is 0.984. The molecular weight excluding hydrogens is 356 g/mol. The first kappa shape index (κ1) is 19.7. The Morgan fingerprint density at radius 1 is 0.852 bits per heavy atom. The van der Waals surface area contributed by atoms with Gasteiger partial charge >= 0.3 is 0 Å². The predicted molar refractivity (Wildman–Crippen MR) is 125 cm³/mol. The minimum atomic E-state index is -1.84. The zero-order valence-corrected chi connectivity index (χ0v) is 19.3. The summed E-state index contributed by atoms with van der Waals surface area (Å²) in [5.41, 5.74) is 11.9. The fourth-order valence-electron chi connectivity index (χ4n) is 4.30. The van der Waals surface area contributed by atoms with E-state index in [4.69, 9.17) is 0 Å². The van der Waals surface area contributed by atoms with Crippen molar-refractivity contribution in [3.8, 4) is 11.5 Å². The number of rotatable bonds is 4.